The van der Waals surface area contributed by atoms with Crippen molar-refractivity contribution in [3.8, 4) is 11.1 Å². The lowest BCUT2D eigenvalue weighted by Gasteiger charge is -2.33. The number of ether oxygens (including phenoxy) is 1. The van der Waals surface area contributed by atoms with Crippen molar-refractivity contribution in [2.75, 3.05) is 31.3 Å². The number of nitrogens with zero attached hydrogens (tertiary/aromatic N) is 1. The summed E-state index contributed by atoms with van der Waals surface area (Å²) in [7, 11) is 3.24. The normalized spacial score (nSPS) is 18.6. The van der Waals surface area contributed by atoms with E-state index in [0.717, 1.165) is 62.7 Å². The maximum atomic E-state index is 14.2. The van der Waals surface area contributed by atoms with Crippen molar-refractivity contribution >= 4 is 29.3 Å². The number of likely N-dealkylation sites (tertiary alicyclic amines) is 1. The first-order valence-corrected chi connectivity index (χ1v) is 17.3. The molecule has 2 fully saturated rings. The number of nitrogens with one attached hydrogen (secondary N) is 3. The predicted octanol–water partition coefficient (Wildman–Crippen LogP) is 7.79. The molecule has 1 aliphatic heterocycles. The van der Waals surface area contributed by atoms with Gasteiger partial charge >= 0.3 is 6.09 Å². The van der Waals surface area contributed by atoms with Gasteiger partial charge in [0.05, 0.1) is 7.11 Å². The number of anilines is 2. The minimum Gasteiger partial charge on any atom is -0.453 e. The van der Waals surface area contributed by atoms with Crippen molar-refractivity contribution in [1.82, 2.24) is 10.2 Å². The maximum absolute atomic E-state index is 14.2. The number of rotatable bonds is 12. The molecule has 3 amide bonds. The summed E-state index contributed by atoms with van der Waals surface area (Å²) < 4.78 is 4.86. The standard InChI is InChI=1S/C39H48N4O4/c1-5-7-18-39(19-8-6-2)31-22-27(40-3)14-16-29(31)30-17-15-28(23-32(30)39)41-35(44)33-24-38(20-21-38)25-43(33)36(45)34(42-37(46)47-4)26-12-10-9-11-13-26/h9-17,22-23,33-34,40H,5-8,18-21,24-25H2,1-4H3,(H,41,44)(H,42,46)/t33-,34+/m0/s1. The van der Waals surface area contributed by atoms with E-state index < -0.39 is 18.2 Å². The third-order valence-electron chi connectivity index (χ3n) is 10.7. The Bertz CT molecular complexity index is 1630. The Hall–Kier alpha value is -4.33. The Morgan fingerprint density at radius 3 is 2.09 bits per heavy atom. The van der Waals surface area contributed by atoms with Gasteiger partial charge < -0.3 is 25.6 Å². The molecule has 47 heavy (non-hydrogen) atoms. The highest BCUT2D eigenvalue weighted by Gasteiger charge is 2.56. The van der Waals surface area contributed by atoms with Gasteiger partial charge in [-0.3, -0.25) is 9.59 Å². The average molecular weight is 637 g/mol. The Balaban J connectivity index is 1.31. The molecule has 3 N–H and O–H groups in total. The van der Waals surface area contributed by atoms with Gasteiger partial charge in [-0.15, -0.1) is 0 Å². The second-order valence-electron chi connectivity index (χ2n) is 13.7. The van der Waals surface area contributed by atoms with Gasteiger partial charge in [0, 0.05) is 30.4 Å². The summed E-state index contributed by atoms with van der Waals surface area (Å²) >= 11 is 0. The summed E-state index contributed by atoms with van der Waals surface area (Å²) in [6, 6.07) is 20.6. The largest absolute Gasteiger partial charge is 0.453 e. The number of methoxy groups -OCH3 is 1. The molecule has 8 nitrogen and oxygen atoms in total. The topological polar surface area (TPSA) is 99.8 Å². The van der Waals surface area contributed by atoms with Crippen molar-refractivity contribution in [2.45, 2.75) is 89.1 Å². The minimum absolute atomic E-state index is 0.0375. The van der Waals surface area contributed by atoms with Crippen LogP contribution in [0, 0.1) is 5.41 Å². The van der Waals surface area contributed by atoms with Crippen LogP contribution in [0.2, 0.25) is 0 Å². The van der Waals surface area contributed by atoms with Gasteiger partial charge in [0.1, 0.15) is 12.1 Å². The fourth-order valence-corrected chi connectivity index (χ4v) is 7.91. The molecule has 2 atom stereocenters. The molecule has 3 aromatic carbocycles. The van der Waals surface area contributed by atoms with Crippen LogP contribution in [-0.4, -0.2) is 49.6 Å². The van der Waals surface area contributed by atoms with E-state index >= 15 is 0 Å². The zero-order valence-electron chi connectivity index (χ0n) is 28.2. The molecule has 1 spiro atoms. The van der Waals surface area contributed by atoms with Crippen LogP contribution in [0.15, 0.2) is 66.7 Å². The number of fused-ring (bicyclic) bond motifs is 3. The molecule has 0 unspecified atom stereocenters. The number of carbonyl (C=O) groups excluding carboxylic acids is 3. The molecule has 0 aromatic heterocycles. The average Bonchev–Trinajstić information content (AvgIpc) is 3.67. The lowest BCUT2D eigenvalue weighted by Crippen LogP contribution is -2.48. The van der Waals surface area contributed by atoms with Crippen LogP contribution in [0.25, 0.3) is 11.1 Å². The third-order valence-corrected chi connectivity index (χ3v) is 10.7. The molecule has 8 heteroatoms. The monoisotopic (exact) mass is 636 g/mol. The summed E-state index contributed by atoms with van der Waals surface area (Å²) in [5.74, 6) is -0.485. The number of hydrogen-bond donors (Lipinski definition) is 3. The van der Waals surface area contributed by atoms with Gasteiger partial charge in [-0.2, -0.15) is 0 Å². The van der Waals surface area contributed by atoms with Crippen LogP contribution in [-0.2, 0) is 19.7 Å². The maximum Gasteiger partial charge on any atom is 0.407 e. The van der Waals surface area contributed by atoms with Crippen molar-refractivity contribution in [3.63, 3.8) is 0 Å². The van der Waals surface area contributed by atoms with Crippen molar-refractivity contribution in [1.29, 1.82) is 0 Å². The Morgan fingerprint density at radius 2 is 1.51 bits per heavy atom. The molecule has 248 valence electrons. The summed E-state index contributed by atoms with van der Waals surface area (Å²) in [5.41, 5.74) is 7.52. The quantitative estimate of drug-likeness (QED) is 0.189. The zero-order chi connectivity index (χ0) is 33.2. The number of amides is 3. The van der Waals surface area contributed by atoms with E-state index in [1.54, 1.807) is 4.90 Å². The second-order valence-corrected chi connectivity index (χ2v) is 13.7. The first kappa shape index (κ1) is 32.6. The van der Waals surface area contributed by atoms with Crippen LogP contribution in [0.1, 0.15) is 94.4 Å². The molecular formula is C39H48N4O4. The van der Waals surface area contributed by atoms with E-state index in [2.05, 4.69) is 60.1 Å². The van der Waals surface area contributed by atoms with Crippen LogP contribution in [0.3, 0.4) is 0 Å². The molecule has 0 radical (unpaired) electrons. The summed E-state index contributed by atoms with van der Waals surface area (Å²) in [6.45, 7) is 4.99. The molecule has 2 aliphatic carbocycles. The fourth-order valence-electron chi connectivity index (χ4n) is 7.91. The number of benzene rings is 3. The van der Waals surface area contributed by atoms with Gasteiger partial charge in [-0.05, 0) is 89.6 Å². The van der Waals surface area contributed by atoms with Crippen molar-refractivity contribution < 1.29 is 19.1 Å². The Kier molecular flexibility index (Phi) is 9.31. The van der Waals surface area contributed by atoms with E-state index in [1.165, 1.54) is 29.4 Å². The lowest BCUT2D eigenvalue weighted by molar-refractivity contribution is -0.138. The highest BCUT2D eigenvalue weighted by Crippen LogP contribution is 2.56. The van der Waals surface area contributed by atoms with Crippen LogP contribution in [0.4, 0.5) is 16.2 Å². The molecule has 0 bridgehead atoms. The van der Waals surface area contributed by atoms with E-state index in [4.69, 9.17) is 4.74 Å². The molecule has 3 aromatic rings. The van der Waals surface area contributed by atoms with Gasteiger partial charge in [0.2, 0.25) is 5.91 Å². The molecule has 3 aliphatic rings. The minimum atomic E-state index is -0.952. The molecule has 1 saturated carbocycles. The van der Waals surface area contributed by atoms with E-state index in [9.17, 15) is 14.4 Å². The van der Waals surface area contributed by atoms with E-state index in [1.807, 2.05) is 43.4 Å². The van der Waals surface area contributed by atoms with Gasteiger partial charge in [0.15, 0.2) is 0 Å². The van der Waals surface area contributed by atoms with E-state index in [0.29, 0.717) is 18.5 Å². The molecule has 6 rings (SSSR count). The highest BCUT2D eigenvalue weighted by molar-refractivity contribution is 6.00. The highest BCUT2D eigenvalue weighted by atomic mass is 16.5. The summed E-state index contributed by atoms with van der Waals surface area (Å²) in [4.78, 5) is 42.3. The Morgan fingerprint density at radius 1 is 0.894 bits per heavy atom. The molecule has 1 saturated heterocycles. The molecule has 1 heterocycles. The second kappa shape index (κ2) is 13.4. The summed E-state index contributed by atoms with van der Waals surface area (Å²) in [6.07, 6.45) is 8.47. The summed E-state index contributed by atoms with van der Waals surface area (Å²) in [5, 5.41) is 9.29. The number of hydrogen-bond acceptors (Lipinski definition) is 5. The zero-order valence-corrected chi connectivity index (χ0v) is 28.2. The first-order valence-electron chi connectivity index (χ1n) is 17.3. The number of alkyl carbamates (subject to hydrolysis) is 1. The fraction of sp³-hybridized carbons (Fsp3) is 0.462. The number of unbranched alkanes of at least 4 members (excludes halogenated alkanes) is 2. The van der Waals surface area contributed by atoms with E-state index in [-0.39, 0.29) is 22.6 Å². The van der Waals surface area contributed by atoms with Crippen LogP contribution in [0.5, 0.6) is 0 Å². The molecular weight excluding hydrogens is 588 g/mol. The van der Waals surface area contributed by atoms with Crippen molar-refractivity contribution in [3.05, 3.63) is 83.4 Å². The smallest absolute Gasteiger partial charge is 0.407 e. The van der Waals surface area contributed by atoms with Gasteiger partial charge in [-0.1, -0.05) is 82.0 Å². The Labute approximate surface area is 278 Å². The lowest BCUT2D eigenvalue weighted by atomic mass is 9.70. The first-order chi connectivity index (χ1) is 22.8. The predicted molar refractivity (Wildman–Crippen MR) is 186 cm³/mol. The number of carbonyl (C=O) groups is 3. The SMILES string of the molecule is CCCCC1(CCCC)c2cc(NC)ccc2-c2ccc(NC(=O)[C@@H]3CC4(CC4)CN3C(=O)[C@H](NC(=O)OC)c3ccccc3)cc21. The van der Waals surface area contributed by atoms with Crippen LogP contribution < -0.4 is 16.0 Å². The van der Waals surface area contributed by atoms with Gasteiger partial charge in [-0.25, -0.2) is 4.79 Å². The van der Waals surface area contributed by atoms with Crippen LogP contribution >= 0.6 is 0 Å². The van der Waals surface area contributed by atoms with Crippen molar-refractivity contribution in [2.24, 2.45) is 5.41 Å². The van der Waals surface area contributed by atoms with Gasteiger partial charge in [0.25, 0.3) is 5.91 Å². The third kappa shape index (κ3) is 6.22.